The van der Waals surface area contributed by atoms with E-state index >= 15 is 0 Å². The van der Waals surface area contributed by atoms with Crippen LogP contribution in [0.25, 0.3) is 0 Å². The molecule has 5 nitrogen and oxygen atoms in total. The summed E-state index contributed by atoms with van der Waals surface area (Å²) in [6.07, 6.45) is -1.29. The quantitative estimate of drug-likeness (QED) is 0.709. The lowest BCUT2D eigenvalue weighted by Gasteiger charge is -2.14. The van der Waals surface area contributed by atoms with E-state index in [0.717, 1.165) is 4.47 Å². The molecule has 0 spiro atoms. The lowest BCUT2D eigenvalue weighted by Crippen LogP contribution is -2.30. The first-order chi connectivity index (χ1) is 7.06. The van der Waals surface area contributed by atoms with Crippen molar-refractivity contribution >= 4 is 21.9 Å². The van der Waals surface area contributed by atoms with Crippen molar-refractivity contribution in [3.8, 4) is 0 Å². The largest absolute Gasteiger partial charge is 0.464 e. The van der Waals surface area contributed by atoms with Gasteiger partial charge in [-0.25, -0.2) is 4.79 Å². The van der Waals surface area contributed by atoms with Crippen molar-refractivity contribution in [2.45, 2.75) is 19.1 Å². The molecule has 0 aliphatic rings. The van der Waals surface area contributed by atoms with Crippen molar-refractivity contribution in [3.63, 3.8) is 0 Å². The first kappa shape index (κ1) is 12.2. The van der Waals surface area contributed by atoms with E-state index in [1.54, 1.807) is 19.2 Å². The highest BCUT2D eigenvalue weighted by atomic mass is 79.9. The second-order valence-corrected chi connectivity index (χ2v) is 3.83. The maximum absolute atomic E-state index is 11.1. The van der Waals surface area contributed by atoms with Crippen molar-refractivity contribution in [1.82, 2.24) is 4.98 Å². The van der Waals surface area contributed by atoms with Gasteiger partial charge in [0, 0.05) is 16.4 Å². The summed E-state index contributed by atoms with van der Waals surface area (Å²) in [6, 6.07) is 1.58. The molecule has 0 aliphatic heterocycles. The van der Waals surface area contributed by atoms with Crippen LogP contribution in [-0.2, 0) is 9.53 Å². The number of ether oxygens (including phenoxy) is 1. The first-order valence-corrected chi connectivity index (χ1v) is 5.22. The average molecular weight is 278 g/mol. The third kappa shape index (κ3) is 3.05. The monoisotopic (exact) mass is 277 g/mol. The molecule has 0 amide bonds. The number of aliphatic hydroxyl groups excluding tert-OH is 2. The Morgan fingerprint density at radius 1 is 1.67 bits per heavy atom. The van der Waals surface area contributed by atoms with Crippen LogP contribution in [0.2, 0.25) is 0 Å². The number of hydrogen-bond acceptors (Lipinski definition) is 4. The van der Waals surface area contributed by atoms with Gasteiger partial charge in [-0.1, -0.05) is 0 Å². The Morgan fingerprint density at radius 3 is 2.80 bits per heavy atom. The van der Waals surface area contributed by atoms with Crippen LogP contribution in [0.15, 0.2) is 16.7 Å². The number of carbonyl (C=O) groups excluding carboxylic acids is 1. The standard InChI is InChI=1S/C9H12BrNO4/c1-2-15-9(14)8(13)7(12)6-3-5(10)4-11-6/h3-4,7-8,11-13H,2H2,1H3. The van der Waals surface area contributed by atoms with Crippen molar-refractivity contribution in [2.75, 3.05) is 6.61 Å². The molecule has 1 aromatic heterocycles. The Morgan fingerprint density at radius 2 is 2.33 bits per heavy atom. The Labute approximate surface area is 95.2 Å². The summed E-state index contributed by atoms with van der Waals surface area (Å²) in [5, 5.41) is 19.0. The van der Waals surface area contributed by atoms with Gasteiger partial charge in [0.15, 0.2) is 6.10 Å². The zero-order chi connectivity index (χ0) is 11.4. The molecule has 1 rings (SSSR count). The number of carbonyl (C=O) groups is 1. The molecule has 2 atom stereocenters. The number of aliphatic hydroxyl groups is 2. The van der Waals surface area contributed by atoms with Gasteiger partial charge in [0.1, 0.15) is 6.10 Å². The van der Waals surface area contributed by atoms with Gasteiger partial charge in [0.05, 0.1) is 6.61 Å². The first-order valence-electron chi connectivity index (χ1n) is 4.42. The summed E-state index contributed by atoms with van der Waals surface area (Å²) in [5.41, 5.74) is 0.349. The number of aromatic amines is 1. The molecule has 1 aromatic rings. The average Bonchev–Trinajstić information content (AvgIpc) is 2.63. The normalized spacial score (nSPS) is 14.7. The summed E-state index contributed by atoms with van der Waals surface area (Å²) in [7, 11) is 0. The van der Waals surface area contributed by atoms with Crippen molar-refractivity contribution in [1.29, 1.82) is 0 Å². The molecule has 0 saturated carbocycles. The minimum Gasteiger partial charge on any atom is -0.464 e. The smallest absolute Gasteiger partial charge is 0.338 e. The lowest BCUT2D eigenvalue weighted by atomic mass is 10.1. The zero-order valence-corrected chi connectivity index (χ0v) is 9.69. The maximum Gasteiger partial charge on any atom is 0.338 e. The number of nitrogens with one attached hydrogen (secondary N) is 1. The SMILES string of the molecule is CCOC(=O)C(O)C(O)c1cc(Br)c[nH]1. The van der Waals surface area contributed by atoms with Gasteiger partial charge in [-0.2, -0.15) is 0 Å². The van der Waals surface area contributed by atoms with Crippen LogP contribution in [0.5, 0.6) is 0 Å². The second-order valence-electron chi connectivity index (χ2n) is 2.91. The third-order valence-corrected chi connectivity index (χ3v) is 2.27. The van der Waals surface area contributed by atoms with Gasteiger partial charge in [-0.3, -0.25) is 0 Å². The predicted octanol–water partition coefficient (Wildman–Crippen LogP) is 0.735. The van der Waals surface area contributed by atoms with Crippen molar-refractivity contribution in [3.05, 3.63) is 22.4 Å². The van der Waals surface area contributed by atoms with E-state index in [1.165, 1.54) is 0 Å². The van der Waals surface area contributed by atoms with Crippen LogP contribution in [0.4, 0.5) is 0 Å². The number of rotatable bonds is 4. The number of H-pyrrole nitrogens is 1. The maximum atomic E-state index is 11.1. The molecule has 15 heavy (non-hydrogen) atoms. The minimum absolute atomic E-state index is 0.164. The molecule has 1 heterocycles. The summed E-state index contributed by atoms with van der Waals surface area (Å²) in [5.74, 6) is -0.837. The van der Waals surface area contributed by atoms with Crippen molar-refractivity contribution in [2.24, 2.45) is 0 Å². The van der Waals surface area contributed by atoms with Gasteiger partial charge in [-0.05, 0) is 28.9 Å². The lowest BCUT2D eigenvalue weighted by molar-refractivity contribution is -0.159. The van der Waals surface area contributed by atoms with Crippen LogP contribution < -0.4 is 0 Å². The molecule has 6 heteroatoms. The molecule has 2 unspecified atom stereocenters. The minimum atomic E-state index is -1.57. The number of hydrogen-bond donors (Lipinski definition) is 3. The van der Waals surface area contributed by atoms with E-state index in [9.17, 15) is 15.0 Å². The molecule has 0 saturated heterocycles. The Bertz CT molecular complexity index is 339. The van der Waals surface area contributed by atoms with E-state index < -0.39 is 18.2 Å². The van der Waals surface area contributed by atoms with Crippen LogP contribution in [-0.4, -0.2) is 33.9 Å². The van der Waals surface area contributed by atoms with E-state index in [2.05, 4.69) is 25.7 Å². The number of aromatic nitrogens is 1. The number of esters is 1. The molecule has 0 radical (unpaired) electrons. The molecular weight excluding hydrogens is 266 g/mol. The highest BCUT2D eigenvalue weighted by Crippen LogP contribution is 2.20. The molecular formula is C9H12BrNO4. The molecule has 0 aromatic carbocycles. The second kappa shape index (κ2) is 5.29. The topological polar surface area (TPSA) is 82.6 Å². The molecule has 84 valence electrons. The van der Waals surface area contributed by atoms with E-state index in [0.29, 0.717) is 5.69 Å². The molecule has 0 fully saturated rings. The van der Waals surface area contributed by atoms with E-state index in [-0.39, 0.29) is 6.61 Å². The molecule has 3 N–H and O–H groups in total. The van der Waals surface area contributed by atoms with Crippen LogP contribution >= 0.6 is 15.9 Å². The fourth-order valence-electron chi connectivity index (χ4n) is 1.08. The summed E-state index contributed by atoms with van der Waals surface area (Å²) in [4.78, 5) is 13.8. The van der Waals surface area contributed by atoms with E-state index in [1.807, 2.05) is 0 Å². The van der Waals surface area contributed by atoms with Gasteiger partial charge in [0.25, 0.3) is 0 Å². The fourth-order valence-corrected chi connectivity index (χ4v) is 1.44. The highest BCUT2D eigenvalue weighted by Gasteiger charge is 2.27. The van der Waals surface area contributed by atoms with Crippen LogP contribution in [0.1, 0.15) is 18.7 Å². The Hall–Kier alpha value is -0.850. The van der Waals surface area contributed by atoms with Crippen LogP contribution in [0.3, 0.4) is 0 Å². The molecule has 0 bridgehead atoms. The van der Waals surface area contributed by atoms with Gasteiger partial charge in [-0.15, -0.1) is 0 Å². The van der Waals surface area contributed by atoms with Gasteiger partial charge >= 0.3 is 5.97 Å². The highest BCUT2D eigenvalue weighted by molar-refractivity contribution is 9.10. The van der Waals surface area contributed by atoms with Crippen LogP contribution in [0, 0.1) is 0 Å². The summed E-state index contributed by atoms with van der Waals surface area (Å²) < 4.78 is 5.31. The Kier molecular flexibility index (Phi) is 4.31. The van der Waals surface area contributed by atoms with Gasteiger partial charge in [0.2, 0.25) is 0 Å². The predicted molar refractivity (Wildman–Crippen MR) is 56.1 cm³/mol. The summed E-state index contributed by atoms with van der Waals surface area (Å²) >= 11 is 3.18. The van der Waals surface area contributed by atoms with Crippen molar-refractivity contribution < 1.29 is 19.7 Å². The Balaban J connectivity index is 2.67. The fraction of sp³-hybridized carbons (Fsp3) is 0.444. The number of halogens is 1. The molecule has 0 aliphatic carbocycles. The summed E-state index contributed by atoms with van der Waals surface area (Å²) in [6.45, 7) is 1.79. The zero-order valence-electron chi connectivity index (χ0n) is 8.11. The van der Waals surface area contributed by atoms with Gasteiger partial charge < -0.3 is 19.9 Å². The van der Waals surface area contributed by atoms with E-state index in [4.69, 9.17) is 0 Å². The third-order valence-electron chi connectivity index (χ3n) is 1.82.